The molecule has 10 heteroatoms. The van der Waals surface area contributed by atoms with E-state index in [0.29, 0.717) is 30.8 Å². The van der Waals surface area contributed by atoms with E-state index in [1.54, 1.807) is 0 Å². The van der Waals surface area contributed by atoms with Gasteiger partial charge >= 0.3 is 6.18 Å². The average Bonchev–Trinajstić information content (AvgIpc) is 2.69. The highest BCUT2D eigenvalue weighted by molar-refractivity contribution is 5.45. The first-order valence-corrected chi connectivity index (χ1v) is 10.7. The summed E-state index contributed by atoms with van der Waals surface area (Å²) in [5, 5.41) is 9.73. The molecule has 0 spiro atoms. The monoisotopic (exact) mass is 474 g/mol. The number of hydrogen-bond acceptors (Lipinski definition) is 4. The number of rotatable bonds is 7. The highest BCUT2D eigenvalue weighted by Gasteiger charge is 2.39. The number of likely N-dealkylation sites (tertiary alicyclic amines) is 1. The molecule has 4 rings (SSSR count). The summed E-state index contributed by atoms with van der Waals surface area (Å²) in [4.78, 5) is 2.95. The van der Waals surface area contributed by atoms with E-state index in [1.165, 1.54) is 18.2 Å². The van der Waals surface area contributed by atoms with Crippen LogP contribution in [-0.4, -0.2) is 67.1 Å². The van der Waals surface area contributed by atoms with Crippen LogP contribution in [0.15, 0.2) is 30.3 Å². The summed E-state index contributed by atoms with van der Waals surface area (Å²) in [5.41, 5.74) is 0.362. The summed E-state index contributed by atoms with van der Waals surface area (Å²) < 4.78 is 87.8. The number of halogens is 6. The summed E-state index contributed by atoms with van der Waals surface area (Å²) in [6, 6.07) is 4.74. The van der Waals surface area contributed by atoms with E-state index in [2.05, 4.69) is 0 Å². The van der Waals surface area contributed by atoms with E-state index < -0.39 is 36.0 Å². The second-order valence-electron chi connectivity index (χ2n) is 8.55. The Morgan fingerprint density at radius 2 is 1.76 bits per heavy atom. The minimum atomic E-state index is -4.55. The maximum Gasteiger partial charge on any atom is 0.401 e. The van der Waals surface area contributed by atoms with Crippen LogP contribution in [0.1, 0.15) is 22.7 Å². The Kier molecular flexibility index (Phi) is 6.76. The molecule has 2 aliphatic rings. The number of ether oxygens (including phenoxy) is 1. The van der Waals surface area contributed by atoms with Gasteiger partial charge in [0.15, 0.2) is 0 Å². The molecule has 4 nitrogen and oxygen atoms in total. The van der Waals surface area contributed by atoms with Crippen molar-refractivity contribution in [3.8, 4) is 11.5 Å². The van der Waals surface area contributed by atoms with Crippen molar-refractivity contribution in [2.45, 2.75) is 18.6 Å². The molecular weight excluding hydrogens is 450 g/mol. The summed E-state index contributed by atoms with van der Waals surface area (Å²) in [5.74, 6) is -2.14. The topological polar surface area (TPSA) is 35.9 Å². The van der Waals surface area contributed by atoms with Gasteiger partial charge in [0.1, 0.15) is 29.7 Å². The quantitative estimate of drug-likeness (QED) is 0.602. The molecule has 0 aliphatic carbocycles. The Balaban J connectivity index is 1.57. The molecule has 180 valence electrons. The van der Waals surface area contributed by atoms with Crippen LogP contribution >= 0.6 is 0 Å². The Hall–Kier alpha value is -2.46. The van der Waals surface area contributed by atoms with Crippen LogP contribution < -0.4 is 4.74 Å². The number of hydrogen-bond donors (Lipinski definition) is 1. The van der Waals surface area contributed by atoms with E-state index >= 15 is 8.78 Å². The molecule has 1 atom stereocenters. The fourth-order valence-electron chi connectivity index (χ4n) is 4.56. The normalized spacial score (nSPS) is 19.9. The van der Waals surface area contributed by atoms with E-state index in [4.69, 9.17) is 4.74 Å². The van der Waals surface area contributed by atoms with Crippen molar-refractivity contribution in [2.24, 2.45) is 5.92 Å². The molecular formula is C23H24F6N2O2. The van der Waals surface area contributed by atoms with Crippen LogP contribution in [0.2, 0.25) is 0 Å². The van der Waals surface area contributed by atoms with Crippen molar-refractivity contribution in [3.05, 3.63) is 58.7 Å². The fraction of sp³-hybridized carbons (Fsp3) is 0.478. The maximum atomic E-state index is 15.1. The third kappa shape index (κ3) is 5.38. The van der Waals surface area contributed by atoms with Gasteiger partial charge in [-0.3, -0.25) is 14.2 Å². The van der Waals surface area contributed by atoms with Gasteiger partial charge in [-0.1, -0.05) is 6.07 Å². The van der Waals surface area contributed by atoms with Crippen molar-refractivity contribution in [3.63, 3.8) is 0 Å². The predicted octanol–water partition coefficient (Wildman–Crippen LogP) is 4.46. The van der Waals surface area contributed by atoms with Gasteiger partial charge in [-0.2, -0.15) is 13.2 Å². The van der Waals surface area contributed by atoms with Gasteiger partial charge in [0.25, 0.3) is 0 Å². The van der Waals surface area contributed by atoms with Crippen molar-refractivity contribution < 1.29 is 36.2 Å². The molecule has 2 heterocycles. The lowest BCUT2D eigenvalue weighted by Crippen LogP contribution is -2.49. The third-order valence-corrected chi connectivity index (χ3v) is 6.09. The van der Waals surface area contributed by atoms with Crippen LogP contribution in [0.5, 0.6) is 11.5 Å². The van der Waals surface area contributed by atoms with Gasteiger partial charge in [0, 0.05) is 49.8 Å². The Morgan fingerprint density at radius 1 is 1.06 bits per heavy atom. The highest BCUT2D eigenvalue weighted by Crippen LogP contribution is 2.41. The number of nitrogens with zero attached hydrogens (tertiary/aromatic N) is 2. The van der Waals surface area contributed by atoms with Crippen LogP contribution in [0.3, 0.4) is 0 Å². The number of phenolic OH excluding ortho intramolecular Hbond substituents is 1. The minimum Gasteiger partial charge on any atom is -0.508 e. The van der Waals surface area contributed by atoms with Gasteiger partial charge in [0.2, 0.25) is 0 Å². The second-order valence-corrected chi connectivity index (χ2v) is 8.55. The zero-order chi connectivity index (χ0) is 23.8. The zero-order valence-electron chi connectivity index (χ0n) is 17.7. The molecule has 33 heavy (non-hydrogen) atoms. The molecule has 0 aromatic heterocycles. The molecule has 2 aliphatic heterocycles. The number of alkyl halides is 4. The van der Waals surface area contributed by atoms with Gasteiger partial charge in [-0.25, -0.2) is 8.78 Å². The number of aromatic hydroxyl groups is 1. The second kappa shape index (κ2) is 9.42. The Morgan fingerprint density at radius 3 is 2.39 bits per heavy atom. The number of benzene rings is 2. The molecule has 0 saturated carbocycles. The van der Waals surface area contributed by atoms with Gasteiger partial charge in [-0.15, -0.1) is 0 Å². The molecule has 2 aromatic rings. The first-order chi connectivity index (χ1) is 15.6. The van der Waals surface area contributed by atoms with Crippen LogP contribution in [0.25, 0.3) is 0 Å². The van der Waals surface area contributed by atoms with E-state index in [1.807, 2.05) is 4.90 Å². The molecule has 2 aromatic carbocycles. The molecule has 0 radical (unpaired) electrons. The molecule has 1 saturated heterocycles. The van der Waals surface area contributed by atoms with Gasteiger partial charge < -0.3 is 9.84 Å². The largest absolute Gasteiger partial charge is 0.508 e. The van der Waals surface area contributed by atoms with Crippen LogP contribution in [0, 0.1) is 17.6 Å². The number of fused-ring (bicyclic) bond motifs is 1. The Labute approximate surface area is 187 Å². The molecule has 1 N–H and O–H groups in total. The van der Waals surface area contributed by atoms with E-state index in [9.17, 15) is 22.7 Å². The van der Waals surface area contributed by atoms with Crippen molar-refractivity contribution in [1.82, 2.24) is 9.80 Å². The van der Waals surface area contributed by atoms with Crippen LogP contribution in [0.4, 0.5) is 26.3 Å². The SMILES string of the molecule is Oc1ccc2c(c1)CCN(CC(F)(F)F)[C@H]2c1c(F)cc(OCCN2CC(CF)C2)cc1F. The lowest BCUT2D eigenvalue weighted by molar-refractivity contribution is -0.150. The highest BCUT2D eigenvalue weighted by atomic mass is 19.4. The first-order valence-electron chi connectivity index (χ1n) is 10.7. The Bertz CT molecular complexity index is 970. The molecule has 0 bridgehead atoms. The smallest absolute Gasteiger partial charge is 0.401 e. The molecule has 1 fully saturated rings. The maximum absolute atomic E-state index is 15.1. The third-order valence-electron chi connectivity index (χ3n) is 6.09. The molecule has 0 unspecified atom stereocenters. The summed E-state index contributed by atoms with van der Waals surface area (Å²) in [7, 11) is 0. The van der Waals surface area contributed by atoms with Gasteiger partial charge in [-0.05, 0) is 29.7 Å². The van der Waals surface area contributed by atoms with Gasteiger partial charge in [0.05, 0.1) is 19.3 Å². The predicted molar refractivity (Wildman–Crippen MR) is 109 cm³/mol. The standard InChI is InChI=1S/C23H24F6N2O2/c24-10-14-11-30(12-14)5-6-33-17-8-19(25)21(20(26)9-17)22-18-2-1-16(32)7-15(18)3-4-31(22)13-23(27,28)29/h1-2,7-9,14,22,32H,3-6,10-13H2/t22-/m1/s1. The summed E-state index contributed by atoms with van der Waals surface area (Å²) >= 11 is 0. The average molecular weight is 474 g/mol. The summed E-state index contributed by atoms with van der Waals surface area (Å²) in [6.45, 7) is 0.0343. The minimum absolute atomic E-state index is 0.0131. The molecule has 0 amide bonds. The van der Waals surface area contributed by atoms with Crippen molar-refractivity contribution in [2.75, 3.05) is 46.0 Å². The lowest BCUT2D eigenvalue weighted by atomic mass is 9.87. The van der Waals surface area contributed by atoms with Crippen LogP contribution in [-0.2, 0) is 6.42 Å². The zero-order valence-corrected chi connectivity index (χ0v) is 17.7. The van der Waals surface area contributed by atoms with Crippen molar-refractivity contribution in [1.29, 1.82) is 0 Å². The first kappa shape index (κ1) is 23.7. The van der Waals surface area contributed by atoms with E-state index in [-0.39, 0.29) is 43.7 Å². The summed E-state index contributed by atoms with van der Waals surface area (Å²) in [6.07, 6.45) is -4.35. The number of phenols is 1. The lowest BCUT2D eigenvalue weighted by Gasteiger charge is -2.38. The van der Waals surface area contributed by atoms with Crippen molar-refractivity contribution >= 4 is 0 Å². The van der Waals surface area contributed by atoms with E-state index in [0.717, 1.165) is 17.0 Å². The fourth-order valence-corrected chi connectivity index (χ4v) is 4.56.